The molecule has 4 unspecified atom stereocenters. The van der Waals surface area contributed by atoms with E-state index in [2.05, 4.69) is 28.1 Å². The first kappa shape index (κ1) is 12.2. The molecule has 3 heteroatoms. The summed E-state index contributed by atoms with van der Waals surface area (Å²) in [7, 11) is 1.67. The average Bonchev–Trinajstić information content (AvgIpc) is 2.95. The number of carbonyl (C=O) groups excluding carboxylic acids is 1. The Bertz CT molecular complexity index is 454. The molecule has 1 aromatic carbocycles. The van der Waals surface area contributed by atoms with Gasteiger partial charge in [-0.2, -0.15) is 0 Å². The number of halogens is 1. The molecule has 2 saturated carbocycles. The van der Waals surface area contributed by atoms with Crippen LogP contribution in [0.2, 0.25) is 0 Å². The van der Waals surface area contributed by atoms with Crippen LogP contribution in [-0.2, 0) is 4.79 Å². The fraction of sp³-hybridized carbons (Fsp3) is 0.533. The highest BCUT2D eigenvalue weighted by atomic mass is 79.9. The second-order valence-corrected chi connectivity index (χ2v) is 6.29. The van der Waals surface area contributed by atoms with Crippen molar-refractivity contribution in [2.45, 2.75) is 30.0 Å². The van der Waals surface area contributed by atoms with Crippen LogP contribution in [0.5, 0.6) is 5.75 Å². The van der Waals surface area contributed by atoms with Crippen LogP contribution in [-0.4, -0.2) is 17.7 Å². The molecular weight excluding hydrogens is 292 g/mol. The van der Waals surface area contributed by atoms with Gasteiger partial charge in [-0.05, 0) is 36.5 Å². The summed E-state index contributed by atoms with van der Waals surface area (Å²) in [6.07, 6.45) is 3.47. The van der Waals surface area contributed by atoms with Crippen molar-refractivity contribution < 1.29 is 9.53 Å². The highest BCUT2D eigenvalue weighted by molar-refractivity contribution is 9.10. The van der Waals surface area contributed by atoms with E-state index in [4.69, 9.17) is 4.74 Å². The Morgan fingerprint density at radius 1 is 1.22 bits per heavy atom. The van der Waals surface area contributed by atoms with Gasteiger partial charge in [-0.15, -0.1) is 0 Å². The van der Waals surface area contributed by atoms with Crippen LogP contribution < -0.4 is 4.74 Å². The lowest BCUT2D eigenvalue weighted by molar-refractivity contribution is -0.120. The second-order valence-electron chi connectivity index (χ2n) is 5.30. The number of hydrogen-bond donors (Lipinski definition) is 0. The van der Waals surface area contributed by atoms with E-state index in [9.17, 15) is 4.79 Å². The number of rotatable bonds is 2. The van der Waals surface area contributed by atoms with Crippen molar-refractivity contribution in [1.29, 1.82) is 0 Å². The normalized spacial score (nSPS) is 34.7. The molecule has 1 aromatic rings. The average molecular weight is 309 g/mol. The van der Waals surface area contributed by atoms with Crippen LogP contribution >= 0.6 is 15.9 Å². The molecule has 2 aliphatic rings. The zero-order valence-corrected chi connectivity index (χ0v) is 12.0. The van der Waals surface area contributed by atoms with Crippen molar-refractivity contribution in [2.24, 2.45) is 11.8 Å². The SMILES string of the molecule is COc1ccc(C2C(Br)C(=O)C3CCCC32)cc1. The molecule has 4 atom stereocenters. The summed E-state index contributed by atoms with van der Waals surface area (Å²) >= 11 is 3.62. The summed E-state index contributed by atoms with van der Waals surface area (Å²) in [5.41, 5.74) is 1.26. The number of carbonyl (C=O) groups is 1. The summed E-state index contributed by atoms with van der Waals surface area (Å²) in [5, 5.41) is 0. The summed E-state index contributed by atoms with van der Waals surface area (Å²) in [6.45, 7) is 0. The van der Waals surface area contributed by atoms with Gasteiger partial charge < -0.3 is 4.74 Å². The molecular formula is C15H17BrO2. The third-order valence-corrected chi connectivity index (χ3v) is 5.50. The molecule has 3 rings (SSSR count). The molecule has 18 heavy (non-hydrogen) atoms. The molecule has 0 spiro atoms. The Hall–Kier alpha value is -0.830. The first-order valence-electron chi connectivity index (χ1n) is 6.54. The zero-order chi connectivity index (χ0) is 12.7. The quantitative estimate of drug-likeness (QED) is 0.781. The number of alkyl halides is 1. The van der Waals surface area contributed by atoms with Gasteiger partial charge in [0.25, 0.3) is 0 Å². The largest absolute Gasteiger partial charge is 0.497 e. The monoisotopic (exact) mass is 308 g/mol. The first-order valence-corrected chi connectivity index (χ1v) is 7.45. The Morgan fingerprint density at radius 2 is 1.94 bits per heavy atom. The Kier molecular flexibility index (Phi) is 3.18. The summed E-state index contributed by atoms with van der Waals surface area (Å²) in [4.78, 5) is 12.2. The number of fused-ring (bicyclic) bond motifs is 1. The fourth-order valence-electron chi connectivity index (χ4n) is 3.61. The van der Waals surface area contributed by atoms with Gasteiger partial charge in [0, 0.05) is 11.8 Å². The van der Waals surface area contributed by atoms with Crippen LogP contribution in [0.1, 0.15) is 30.7 Å². The van der Waals surface area contributed by atoms with E-state index in [0.29, 0.717) is 23.5 Å². The Balaban J connectivity index is 1.92. The third-order valence-electron chi connectivity index (χ3n) is 4.48. The van der Waals surface area contributed by atoms with E-state index in [1.807, 2.05) is 12.1 Å². The van der Waals surface area contributed by atoms with Crippen molar-refractivity contribution in [2.75, 3.05) is 7.11 Å². The highest BCUT2D eigenvalue weighted by Gasteiger charge is 2.50. The minimum atomic E-state index is 0.00111. The van der Waals surface area contributed by atoms with Crippen molar-refractivity contribution in [3.8, 4) is 5.75 Å². The first-order chi connectivity index (χ1) is 8.72. The minimum Gasteiger partial charge on any atom is -0.497 e. The lowest BCUT2D eigenvalue weighted by Crippen LogP contribution is -2.16. The van der Waals surface area contributed by atoms with E-state index in [1.165, 1.54) is 18.4 Å². The van der Waals surface area contributed by atoms with Crippen LogP contribution in [0.3, 0.4) is 0 Å². The maximum Gasteiger partial charge on any atom is 0.150 e. The van der Waals surface area contributed by atoms with Gasteiger partial charge in [0.1, 0.15) is 11.5 Å². The standard InChI is InChI=1S/C15H17BrO2/c1-18-10-7-5-9(6-8-10)13-11-3-2-4-12(11)15(17)14(13)16/h5-8,11-14H,2-4H2,1H3. The lowest BCUT2D eigenvalue weighted by atomic mass is 9.86. The lowest BCUT2D eigenvalue weighted by Gasteiger charge is -2.20. The minimum absolute atomic E-state index is 0.00111. The molecule has 0 aliphatic heterocycles. The van der Waals surface area contributed by atoms with Crippen LogP contribution in [0.25, 0.3) is 0 Å². The molecule has 2 aliphatic carbocycles. The Labute approximate surface area is 116 Å². The van der Waals surface area contributed by atoms with Gasteiger partial charge >= 0.3 is 0 Å². The van der Waals surface area contributed by atoms with Crippen LogP contribution in [0.15, 0.2) is 24.3 Å². The van der Waals surface area contributed by atoms with E-state index >= 15 is 0 Å². The van der Waals surface area contributed by atoms with Crippen molar-refractivity contribution >= 4 is 21.7 Å². The van der Waals surface area contributed by atoms with Crippen LogP contribution in [0, 0.1) is 11.8 Å². The topological polar surface area (TPSA) is 26.3 Å². The maximum absolute atomic E-state index is 12.2. The van der Waals surface area contributed by atoms with Crippen molar-refractivity contribution in [1.82, 2.24) is 0 Å². The molecule has 2 nitrogen and oxygen atoms in total. The number of methoxy groups -OCH3 is 1. The predicted octanol–water partition coefficient (Wildman–Crippen LogP) is 3.54. The fourth-order valence-corrected chi connectivity index (χ4v) is 4.65. The summed E-state index contributed by atoms with van der Waals surface area (Å²) < 4.78 is 5.19. The van der Waals surface area contributed by atoms with E-state index in [0.717, 1.165) is 12.2 Å². The molecule has 0 bridgehead atoms. The molecule has 0 N–H and O–H groups in total. The highest BCUT2D eigenvalue weighted by Crippen LogP contribution is 2.52. The van der Waals surface area contributed by atoms with Gasteiger partial charge in [0.2, 0.25) is 0 Å². The zero-order valence-electron chi connectivity index (χ0n) is 10.4. The number of hydrogen-bond acceptors (Lipinski definition) is 2. The smallest absolute Gasteiger partial charge is 0.150 e. The second kappa shape index (κ2) is 4.69. The number of ketones is 1. The van der Waals surface area contributed by atoms with Gasteiger partial charge in [-0.3, -0.25) is 4.79 Å². The number of ether oxygens (including phenoxy) is 1. The Morgan fingerprint density at radius 3 is 2.61 bits per heavy atom. The maximum atomic E-state index is 12.2. The van der Waals surface area contributed by atoms with Crippen molar-refractivity contribution in [3.63, 3.8) is 0 Å². The van der Waals surface area contributed by atoms with E-state index in [1.54, 1.807) is 7.11 Å². The van der Waals surface area contributed by atoms with Gasteiger partial charge in [0.05, 0.1) is 11.9 Å². The molecule has 0 radical (unpaired) electrons. The summed E-state index contributed by atoms with van der Waals surface area (Å²) in [6, 6.07) is 8.18. The third kappa shape index (κ3) is 1.80. The molecule has 96 valence electrons. The van der Waals surface area contributed by atoms with E-state index in [-0.39, 0.29) is 4.83 Å². The number of benzene rings is 1. The molecule has 0 aromatic heterocycles. The number of Topliss-reactive ketones (excluding diaryl/α,β-unsaturated/α-hetero) is 1. The molecule has 0 saturated heterocycles. The van der Waals surface area contributed by atoms with Crippen molar-refractivity contribution in [3.05, 3.63) is 29.8 Å². The van der Waals surface area contributed by atoms with E-state index < -0.39 is 0 Å². The molecule has 0 heterocycles. The summed E-state index contributed by atoms with van der Waals surface area (Å²) in [5.74, 6) is 2.46. The van der Waals surface area contributed by atoms with Gasteiger partial charge in [0.15, 0.2) is 0 Å². The van der Waals surface area contributed by atoms with Gasteiger partial charge in [-0.25, -0.2) is 0 Å². The van der Waals surface area contributed by atoms with Crippen LogP contribution in [0.4, 0.5) is 0 Å². The molecule has 2 fully saturated rings. The molecule has 0 amide bonds. The van der Waals surface area contributed by atoms with Gasteiger partial charge in [-0.1, -0.05) is 34.5 Å². The predicted molar refractivity (Wildman–Crippen MR) is 74.3 cm³/mol.